The molecule has 88 valence electrons. The molecule has 0 aromatic carbocycles. The van der Waals surface area contributed by atoms with Gasteiger partial charge in [0.1, 0.15) is 10.3 Å². The van der Waals surface area contributed by atoms with Crippen LogP contribution in [0.4, 0.5) is 0 Å². The predicted octanol–water partition coefficient (Wildman–Crippen LogP) is 3.08. The first-order chi connectivity index (χ1) is 7.38. The highest BCUT2D eigenvalue weighted by molar-refractivity contribution is 7.91. The van der Waals surface area contributed by atoms with Gasteiger partial charge in [-0.3, -0.25) is 0 Å². The van der Waals surface area contributed by atoms with E-state index in [1.54, 1.807) is 6.92 Å². The second-order valence-corrected chi connectivity index (χ2v) is 6.81. The van der Waals surface area contributed by atoms with Crippen LogP contribution in [0, 0.1) is 6.92 Å². The van der Waals surface area contributed by atoms with Crippen molar-refractivity contribution in [1.29, 1.82) is 0 Å². The van der Waals surface area contributed by atoms with Crippen molar-refractivity contribution in [2.75, 3.05) is 0 Å². The Balaban J connectivity index is 2.78. The van der Waals surface area contributed by atoms with E-state index < -0.39 is 15.1 Å². The summed E-state index contributed by atoms with van der Waals surface area (Å²) < 4.78 is 23.9. The fourth-order valence-electron chi connectivity index (χ4n) is 2.20. The Morgan fingerprint density at radius 3 is 2.56 bits per heavy atom. The lowest BCUT2D eigenvalue weighted by Gasteiger charge is -2.12. The molecule has 0 radical (unpaired) electrons. The highest BCUT2D eigenvalue weighted by atomic mass is 35.5. The zero-order chi connectivity index (χ0) is 12.1. The summed E-state index contributed by atoms with van der Waals surface area (Å²) in [6.07, 6.45) is 0.535. The van der Waals surface area contributed by atoms with E-state index in [1.807, 2.05) is 6.92 Å². The molecule has 2 heterocycles. The van der Waals surface area contributed by atoms with E-state index >= 15 is 0 Å². The van der Waals surface area contributed by atoms with E-state index in [-0.39, 0.29) is 10.9 Å². The van der Waals surface area contributed by atoms with Gasteiger partial charge in [-0.15, -0.1) is 0 Å². The van der Waals surface area contributed by atoms with Crippen molar-refractivity contribution in [1.82, 2.24) is 4.98 Å². The monoisotopic (exact) mass is 279 g/mol. The number of aromatic nitrogens is 1. The summed E-state index contributed by atoms with van der Waals surface area (Å²) in [6.45, 7) is 3.63. The number of halogens is 2. The number of pyridine rings is 1. The molecule has 0 fully saturated rings. The Morgan fingerprint density at radius 2 is 2.00 bits per heavy atom. The van der Waals surface area contributed by atoms with Gasteiger partial charge < -0.3 is 0 Å². The van der Waals surface area contributed by atoms with E-state index in [9.17, 15) is 8.42 Å². The van der Waals surface area contributed by atoms with Gasteiger partial charge in [-0.25, -0.2) is 13.4 Å². The van der Waals surface area contributed by atoms with Gasteiger partial charge >= 0.3 is 0 Å². The molecule has 2 rings (SSSR count). The van der Waals surface area contributed by atoms with Gasteiger partial charge in [0.05, 0.1) is 11.0 Å². The van der Waals surface area contributed by atoms with E-state index in [1.165, 1.54) is 0 Å². The van der Waals surface area contributed by atoms with Crippen LogP contribution < -0.4 is 0 Å². The maximum Gasteiger partial charge on any atom is 0.161 e. The highest BCUT2D eigenvalue weighted by Crippen LogP contribution is 2.44. The maximum absolute atomic E-state index is 11.9. The van der Waals surface area contributed by atoms with Crippen LogP contribution >= 0.6 is 23.2 Å². The van der Waals surface area contributed by atoms with Crippen molar-refractivity contribution in [3.8, 4) is 0 Å². The highest BCUT2D eigenvalue weighted by Gasteiger charge is 2.39. The normalized spacial score (nSPS) is 22.1. The van der Waals surface area contributed by atoms with Gasteiger partial charge in [0.2, 0.25) is 0 Å². The molecule has 0 bridgehead atoms. The SMILES string of the molecule is CC[C@@H]1c2c(C)c(Cl)nc(Cl)c2CS1(=O)=O. The molecule has 0 saturated carbocycles. The van der Waals surface area contributed by atoms with Gasteiger partial charge in [0.25, 0.3) is 0 Å². The van der Waals surface area contributed by atoms with Crippen LogP contribution in [0.15, 0.2) is 0 Å². The smallest absolute Gasteiger partial charge is 0.161 e. The van der Waals surface area contributed by atoms with Crippen LogP contribution in [0.5, 0.6) is 0 Å². The molecule has 16 heavy (non-hydrogen) atoms. The molecule has 0 saturated heterocycles. The molecule has 1 aliphatic rings. The van der Waals surface area contributed by atoms with Gasteiger partial charge in [0.15, 0.2) is 9.84 Å². The minimum absolute atomic E-state index is 0.0231. The predicted molar refractivity (Wildman–Crippen MR) is 64.6 cm³/mol. The van der Waals surface area contributed by atoms with E-state index in [0.717, 1.165) is 11.1 Å². The quantitative estimate of drug-likeness (QED) is 0.743. The molecule has 1 atom stereocenters. The van der Waals surface area contributed by atoms with Gasteiger partial charge in [-0.1, -0.05) is 30.1 Å². The average molecular weight is 280 g/mol. The standard InChI is InChI=1S/C10H11Cl2NO2S/c1-3-7-8-5(2)9(11)13-10(12)6(8)4-16(7,14)15/h7H,3-4H2,1-2H3/t7-/m1/s1. The fourth-order valence-corrected chi connectivity index (χ4v) is 4.84. The second-order valence-electron chi connectivity index (χ2n) is 3.91. The number of sulfone groups is 1. The molecular weight excluding hydrogens is 269 g/mol. The average Bonchev–Trinajstić information content (AvgIpc) is 2.46. The first-order valence-corrected chi connectivity index (χ1v) is 7.41. The van der Waals surface area contributed by atoms with Crippen LogP contribution in [0.1, 0.15) is 35.3 Å². The van der Waals surface area contributed by atoms with Crippen molar-refractivity contribution >= 4 is 33.0 Å². The van der Waals surface area contributed by atoms with E-state index in [4.69, 9.17) is 23.2 Å². The molecule has 0 spiro atoms. The fraction of sp³-hybridized carbons (Fsp3) is 0.500. The van der Waals surface area contributed by atoms with Crippen LogP contribution in [0.3, 0.4) is 0 Å². The number of nitrogens with zero attached hydrogens (tertiary/aromatic N) is 1. The lowest BCUT2D eigenvalue weighted by molar-refractivity contribution is 0.584. The summed E-state index contributed by atoms with van der Waals surface area (Å²) >= 11 is 11.9. The molecule has 0 aliphatic carbocycles. The summed E-state index contributed by atoms with van der Waals surface area (Å²) in [7, 11) is -3.14. The number of rotatable bonds is 1. The van der Waals surface area contributed by atoms with Crippen LogP contribution in [-0.4, -0.2) is 13.4 Å². The molecule has 1 aromatic rings. The first-order valence-electron chi connectivity index (χ1n) is 4.94. The summed E-state index contributed by atoms with van der Waals surface area (Å²) in [4.78, 5) is 3.95. The summed E-state index contributed by atoms with van der Waals surface area (Å²) in [5, 5.41) is 0.0184. The minimum atomic E-state index is -3.14. The third-order valence-corrected chi connectivity index (χ3v) is 5.76. The van der Waals surface area contributed by atoms with Crippen molar-refractivity contribution in [2.24, 2.45) is 0 Å². The van der Waals surface area contributed by atoms with Gasteiger partial charge in [-0.05, 0) is 24.5 Å². The number of hydrogen-bond donors (Lipinski definition) is 0. The Morgan fingerprint density at radius 1 is 1.38 bits per heavy atom. The van der Waals surface area contributed by atoms with E-state index in [0.29, 0.717) is 17.1 Å². The van der Waals surface area contributed by atoms with Crippen molar-refractivity contribution in [3.05, 3.63) is 27.0 Å². The molecule has 1 aromatic heterocycles. The summed E-state index contributed by atoms with van der Waals surface area (Å²) in [5.41, 5.74) is 2.11. The van der Waals surface area contributed by atoms with Crippen molar-refractivity contribution in [2.45, 2.75) is 31.3 Å². The minimum Gasteiger partial charge on any atom is -0.228 e. The first kappa shape index (κ1) is 12.1. The maximum atomic E-state index is 11.9. The molecule has 0 N–H and O–H groups in total. The molecule has 1 aliphatic heterocycles. The van der Waals surface area contributed by atoms with Crippen LogP contribution in [-0.2, 0) is 15.6 Å². The topological polar surface area (TPSA) is 47.0 Å². The molecule has 0 amide bonds. The Labute approximate surface area is 105 Å². The number of fused-ring (bicyclic) bond motifs is 1. The second kappa shape index (κ2) is 3.86. The van der Waals surface area contributed by atoms with Crippen molar-refractivity contribution < 1.29 is 8.42 Å². The Kier molecular flexibility index (Phi) is 2.93. The number of hydrogen-bond acceptors (Lipinski definition) is 3. The Hall–Kier alpha value is -0.320. The lowest BCUT2D eigenvalue weighted by Crippen LogP contribution is -2.06. The summed E-state index contributed by atoms with van der Waals surface area (Å²) in [6, 6.07) is 0. The largest absolute Gasteiger partial charge is 0.228 e. The third kappa shape index (κ3) is 1.63. The lowest BCUT2D eigenvalue weighted by atomic mass is 10.0. The van der Waals surface area contributed by atoms with Gasteiger partial charge in [-0.2, -0.15) is 0 Å². The molecular formula is C10H11Cl2NO2S. The third-order valence-electron chi connectivity index (χ3n) is 2.96. The molecule has 6 heteroatoms. The van der Waals surface area contributed by atoms with Gasteiger partial charge in [0, 0.05) is 5.56 Å². The molecule has 3 nitrogen and oxygen atoms in total. The summed E-state index contributed by atoms with van der Waals surface area (Å²) in [5.74, 6) is -0.0231. The zero-order valence-corrected chi connectivity index (χ0v) is 11.2. The van der Waals surface area contributed by atoms with Crippen LogP contribution in [0.25, 0.3) is 0 Å². The van der Waals surface area contributed by atoms with Crippen LogP contribution in [0.2, 0.25) is 10.3 Å². The molecule has 0 unspecified atom stereocenters. The van der Waals surface area contributed by atoms with E-state index in [2.05, 4.69) is 4.98 Å². The van der Waals surface area contributed by atoms with Crippen molar-refractivity contribution in [3.63, 3.8) is 0 Å². The zero-order valence-electron chi connectivity index (χ0n) is 8.92. The Bertz CT molecular complexity index is 554.